The molecule has 1 fully saturated rings. The molecule has 1 N–H and O–H groups in total. The maximum absolute atomic E-state index is 14.0. The lowest BCUT2D eigenvalue weighted by Crippen LogP contribution is -2.34. The van der Waals surface area contributed by atoms with Gasteiger partial charge in [0.05, 0.1) is 0 Å². The quantitative estimate of drug-likeness (QED) is 0.897. The van der Waals surface area contributed by atoms with Crippen LogP contribution in [0.4, 0.5) is 8.78 Å². The molecule has 1 unspecified atom stereocenters. The SMILES string of the molecule is CC1(c2ccc(S(C)(=O)=O)c(F)c2F)CCCN1. The summed E-state index contributed by atoms with van der Waals surface area (Å²) in [4.78, 5) is -0.592. The highest BCUT2D eigenvalue weighted by Crippen LogP contribution is 2.34. The smallest absolute Gasteiger partial charge is 0.178 e. The van der Waals surface area contributed by atoms with Crippen LogP contribution in [0.15, 0.2) is 17.0 Å². The Morgan fingerprint density at radius 2 is 1.94 bits per heavy atom. The van der Waals surface area contributed by atoms with Gasteiger partial charge in [-0.25, -0.2) is 17.2 Å². The molecule has 0 amide bonds. The number of hydrogen-bond donors (Lipinski definition) is 1. The Kier molecular flexibility index (Phi) is 3.19. The van der Waals surface area contributed by atoms with E-state index in [4.69, 9.17) is 0 Å². The highest BCUT2D eigenvalue weighted by Gasteiger charge is 2.34. The van der Waals surface area contributed by atoms with Crippen molar-refractivity contribution in [1.82, 2.24) is 5.32 Å². The van der Waals surface area contributed by atoms with Crippen molar-refractivity contribution in [3.05, 3.63) is 29.3 Å². The molecule has 0 aliphatic carbocycles. The molecule has 1 atom stereocenters. The second kappa shape index (κ2) is 4.28. The predicted octanol–water partition coefficient (Wildman–Crippen LogP) is 1.97. The summed E-state index contributed by atoms with van der Waals surface area (Å²) in [7, 11) is -3.75. The minimum absolute atomic E-state index is 0.185. The van der Waals surface area contributed by atoms with Crippen molar-refractivity contribution >= 4 is 9.84 Å². The van der Waals surface area contributed by atoms with Gasteiger partial charge >= 0.3 is 0 Å². The van der Waals surface area contributed by atoms with Gasteiger partial charge in [-0.05, 0) is 32.4 Å². The predicted molar refractivity (Wildman–Crippen MR) is 64.1 cm³/mol. The fourth-order valence-electron chi connectivity index (χ4n) is 2.37. The van der Waals surface area contributed by atoms with Crippen molar-refractivity contribution in [2.24, 2.45) is 0 Å². The molecule has 2 rings (SSSR count). The Labute approximate surface area is 105 Å². The molecule has 1 aromatic rings. The summed E-state index contributed by atoms with van der Waals surface area (Å²) >= 11 is 0. The van der Waals surface area contributed by atoms with E-state index in [1.54, 1.807) is 6.92 Å². The highest BCUT2D eigenvalue weighted by atomic mass is 32.2. The zero-order valence-electron chi connectivity index (χ0n) is 10.3. The first kappa shape index (κ1) is 13.4. The molecule has 1 saturated heterocycles. The van der Waals surface area contributed by atoms with Gasteiger partial charge in [-0.15, -0.1) is 0 Å². The summed E-state index contributed by atoms with van der Waals surface area (Å²) in [5.41, 5.74) is -0.439. The Bertz CT molecular complexity index is 578. The molecule has 6 heteroatoms. The van der Waals surface area contributed by atoms with Gasteiger partial charge < -0.3 is 5.32 Å². The van der Waals surface area contributed by atoms with Crippen LogP contribution in [-0.4, -0.2) is 21.2 Å². The maximum atomic E-state index is 14.0. The first-order valence-corrected chi connectivity index (χ1v) is 7.58. The molecule has 1 heterocycles. The molecule has 0 spiro atoms. The van der Waals surface area contributed by atoms with Gasteiger partial charge in [0, 0.05) is 17.4 Å². The summed E-state index contributed by atoms with van der Waals surface area (Å²) in [6.07, 6.45) is 2.44. The van der Waals surface area contributed by atoms with Gasteiger partial charge in [-0.3, -0.25) is 0 Å². The minimum atomic E-state index is -3.75. The Morgan fingerprint density at radius 3 is 2.44 bits per heavy atom. The van der Waals surface area contributed by atoms with Crippen LogP contribution in [0.1, 0.15) is 25.3 Å². The van der Waals surface area contributed by atoms with Gasteiger partial charge in [0.25, 0.3) is 0 Å². The van der Waals surface area contributed by atoms with E-state index in [1.807, 2.05) is 0 Å². The van der Waals surface area contributed by atoms with E-state index in [2.05, 4.69) is 5.32 Å². The van der Waals surface area contributed by atoms with Crippen LogP contribution in [0.3, 0.4) is 0 Å². The third kappa shape index (κ3) is 2.14. The lowest BCUT2D eigenvalue weighted by molar-refractivity contribution is 0.390. The van der Waals surface area contributed by atoms with Gasteiger partial charge in [0.1, 0.15) is 4.90 Å². The second-order valence-corrected chi connectivity index (χ2v) is 6.86. The molecule has 3 nitrogen and oxygen atoms in total. The van der Waals surface area contributed by atoms with Crippen molar-refractivity contribution in [2.75, 3.05) is 12.8 Å². The highest BCUT2D eigenvalue weighted by molar-refractivity contribution is 7.90. The van der Waals surface area contributed by atoms with Crippen LogP contribution in [0.2, 0.25) is 0 Å². The number of rotatable bonds is 2. The molecule has 100 valence electrons. The Morgan fingerprint density at radius 1 is 1.28 bits per heavy atom. The summed E-state index contributed by atoms with van der Waals surface area (Å²) in [5.74, 6) is -2.36. The fraction of sp³-hybridized carbons (Fsp3) is 0.500. The Balaban J connectivity index is 2.57. The van der Waals surface area contributed by atoms with E-state index in [9.17, 15) is 17.2 Å². The topological polar surface area (TPSA) is 46.2 Å². The zero-order valence-corrected chi connectivity index (χ0v) is 11.1. The third-order valence-corrected chi connectivity index (χ3v) is 4.52. The van der Waals surface area contributed by atoms with Gasteiger partial charge in [0.2, 0.25) is 0 Å². The average molecular weight is 275 g/mol. The van der Waals surface area contributed by atoms with Gasteiger partial charge in [-0.1, -0.05) is 6.07 Å². The van der Waals surface area contributed by atoms with Crippen LogP contribution >= 0.6 is 0 Å². The minimum Gasteiger partial charge on any atom is -0.308 e. The zero-order chi connectivity index (χ0) is 13.6. The van der Waals surface area contributed by atoms with Crippen LogP contribution in [0.25, 0.3) is 0 Å². The molecule has 0 saturated carbocycles. The average Bonchev–Trinajstić information content (AvgIpc) is 2.68. The maximum Gasteiger partial charge on any atom is 0.178 e. The first-order valence-electron chi connectivity index (χ1n) is 5.69. The first-order chi connectivity index (χ1) is 8.26. The van der Waals surface area contributed by atoms with Crippen molar-refractivity contribution in [1.29, 1.82) is 0 Å². The molecule has 1 aromatic carbocycles. The van der Waals surface area contributed by atoms with E-state index >= 15 is 0 Å². The van der Waals surface area contributed by atoms with Gasteiger partial charge in [0.15, 0.2) is 21.5 Å². The van der Waals surface area contributed by atoms with E-state index in [-0.39, 0.29) is 5.56 Å². The molecule has 1 aliphatic heterocycles. The number of benzene rings is 1. The van der Waals surface area contributed by atoms with E-state index < -0.39 is 31.9 Å². The molecule has 0 radical (unpaired) electrons. The van der Waals surface area contributed by atoms with Crippen LogP contribution < -0.4 is 5.32 Å². The Hall–Kier alpha value is -1.01. The normalized spacial score (nSPS) is 24.4. The van der Waals surface area contributed by atoms with E-state index in [1.165, 1.54) is 6.07 Å². The fourth-order valence-corrected chi connectivity index (χ4v) is 3.10. The van der Waals surface area contributed by atoms with Crippen molar-refractivity contribution in [3.63, 3.8) is 0 Å². The molecule has 1 aliphatic rings. The number of nitrogens with one attached hydrogen (secondary N) is 1. The largest absolute Gasteiger partial charge is 0.308 e. The molecular formula is C12H15F2NO2S. The number of halogens is 2. The van der Waals surface area contributed by atoms with E-state index in [0.717, 1.165) is 25.3 Å². The lowest BCUT2D eigenvalue weighted by atomic mass is 9.90. The molecule has 18 heavy (non-hydrogen) atoms. The standard InChI is InChI=1S/C12H15F2NO2S/c1-12(6-3-7-15-12)8-4-5-9(18(2,16)17)11(14)10(8)13/h4-5,15H,3,6-7H2,1-2H3. The van der Waals surface area contributed by atoms with Crippen molar-refractivity contribution < 1.29 is 17.2 Å². The molecule has 0 aromatic heterocycles. The summed E-state index contributed by atoms with van der Waals surface area (Å²) in [6.45, 7) is 2.53. The number of hydrogen-bond acceptors (Lipinski definition) is 3. The summed E-state index contributed by atoms with van der Waals surface area (Å²) in [5, 5.41) is 3.12. The van der Waals surface area contributed by atoms with Crippen molar-refractivity contribution in [2.45, 2.75) is 30.2 Å². The molecular weight excluding hydrogens is 260 g/mol. The summed E-state index contributed by atoms with van der Waals surface area (Å²) < 4.78 is 50.4. The summed E-state index contributed by atoms with van der Waals surface area (Å²) in [6, 6.07) is 2.49. The monoisotopic (exact) mass is 275 g/mol. The van der Waals surface area contributed by atoms with Crippen molar-refractivity contribution in [3.8, 4) is 0 Å². The van der Waals surface area contributed by atoms with Crippen LogP contribution in [0, 0.1) is 11.6 Å². The second-order valence-electron chi connectivity index (χ2n) is 4.87. The molecule has 0 bridgehead atoms. The van der Waals surface area contributed by atoms with E-state index in [0.29, 0.717) is 6.42 Å². The van der Waals surface area contributed by atoms with Crippen LogP contribution in [-0.2, 0) is 15.4 Å². The lowest BCUT2D eigenvalue weighted by Gasteiger charge is -2.26. The van der Waals surface area contributed by atoms with Crippen LogP contribution in [0.5, 0.6) is 0 Å². The third-order valence-electron chi connectivity index (χ3n) is 3.41. The number of sulfone groups is 1. The van der Waals surface area contributed by atoms with Gasteiger partial charge in [-0.2, -0.15) is 0 Å².